The monoisotopic (exact) mass is 442 g/mol. The van der Waals surface area contributed by atoms with Crippen molar-refractivity contribution in [1.29, 1.82) is 0 Å². The summed E-state index contributed by atoms with van der Waals surface area (Å²) < 4.78 is 0. The van der Waals surface area contributed by atoms with E-state index in [1.807, 2.05) is 31.2 Å². The molecule has 0 spiro atoms. The van der Waals surface area contributed by atoms with Crippen LogP contribution in [0.4, 0.5) is 5.69 Å². The number of amides is 2. The number of nitrogens with one attached hydrogen (secondary N) is 1. The second kappa shape index (κ2) is 6.86. The van der Waals surface area contributed by atoms with E-state index in [-0.39, 0.29) is 22.6 Å². The molecule has 2 amide bonds. The molecule has 5 nitrogen and oxygen atoms in total. The third-order valence-corrected chi connectivity index (χ3v) is 8.09. The number of benzene rings is 2. The van der Waals surface area contributed by atoms with Crippen LogP contribution in [0.2, 0.25) is 5.02 Å². The molecule has 1 saturated heterocycles. The maximum Gasteiger partial charge on any atom is 0.305 e. The number of anilines is 1. The van der Waals surface area contributed by atoms with Gasteiger partial charge >= 0.3 is 4.87 Å². The number of aromatic amines is 1. The van der Waals surface area contributed by atoms with Crippen LogP contribution in [-0.4, -0.2) is 22.0 Å². The lowest BCUT2D eigenvalue weighted by Gasteiger charge is -2.30. The summed E-state index contributed by atoms with van der Waals surface area (Å²) in [6.07, 6.45) is 0. The molecule has 3 atom stereocenters. The van der Waals surface area contributed by atoms with Gasteiger partial charge in [-0.05, 0) is 42.3 Å². The third kappa shape index (κ3) is 2.87. The van der Waals surface area contributed by atoms with E-state index in [9.17, 15) is 14.4 Å². The number of thiazole rings is 1. The molecule has 0 bridgehead atoms. The number of imide groups is 1. The number of nitrogens with zero attached hydrogens (tertiary/aromatic N) is 1. The van der Waals surface area contributed by atoms with Gasteiger partial charge in [0.25, 0.3) is 0 Å². The Bertz CT molecular complexity index is 1200. The molecule has 8 heteroatoms. The second-order valence-corrected chi connectivity index (χ2v) is 9.70. The Morgan fingerprint density at radius 3 is 2.45 bits per heavy atom. The van der Waals surface area contributed by atoms with Crippen LogP contribution < -0.4 is 9.77 Å². The smallest absolute Gasteiger partial charge is 0.305 e. The molecule has 146 valence electrons. The lowest BCUT2D eigenvalue weighted by Crippen LogP contribution is -2.32. The number of carbonyl (C=O) groups is 2. The maximum absolute atomic E-state index is 13.5. The highest BCUT2D eigenvalue weighted by Crippen LogP contribution is 2.53. The van der Waals surface area contributed by atoms with Gasteiger partial charge in [-0.25, -0.2) is 4.90 Å². The number of halogens is 1. The first-order chi connectivity index (χ1) is 14.0. The van der Waals surface area contributed by atoms with Crippen molar-refractivity contribution in [3.05, 3.63) is 79.2 Å². The van der Waals surface area contributed by atoms with Gasteiger partial charge in [0.2, 0.25) is 11.8 Å². The van der Waals surface area contributed by atoms with Crippen molar-refractivity contribution < 1.29 is 9.59 Å². The molecule has 3 heterocycles. The number of aromatic nitrogens is 1. The Kier molecular flexibility index (Phi) is 4.42. The van der Waals surface area contributed by atoms with Crippen molar-refractivity contribution in [2.24, 2.45) is 5.92 Å². The number of hydrogen-bond acceptors (Lipinski definition) is 5. The lowest BCUT2D eigenvalue weighted by molar-refractivity contribution is -0.122. The fraction of sp³-hybridized carbons (Fsp3) is 0.190. The normalized spacial score (nSPS) is 23.2. The zero-order valence-electron chi connectivity index (χ0n) is 15.2. The van der Waals surface area contributed by atoms with Gasteiger partial charge in [0, 0.05) is 15.8 Å². The molecule has 2 aliphatic heterocycles. The van der Waals surface area contributed by atoms with Gasteiger partial charge in [0.05, 0.1) is 16.6 Å². The van der Waals surface area contributed by atoms with Gasteiger partial charge in [0.1, 0.15) is 5.25 Å². The van der Waals surface area contributed by atoms with Crippen LogP contribution in [0.3, 0.4) is 0 Å². The minimum atomic E-state index is -0.583. The highest BCUT2D eigenvalue weighted by atomic mass is 35.5. The highest BCUT2D eigenvalue weighted by molar-refractivity contribution is 8.00. The van der Waals surface area contributed by atoms with Gasteiger partial charge in [-0.3, -0.25) is 14.4 Å². The SMILES string of the molecule is Cc1ccccc1[C@H]1c2sc(=O)[nH]c2SC2C(=O)N(c3ccc(Cl)cc3)C(=O)C21. The highest BCUT2D eigenvalue weighted by Gasteiger charge is 2.56. The average Bonchev–Trinajstić information content (AvgIpc) is 3.19. The number of fused-ring (bicyclic) bond motifs is 2. The molecule has 1 fully saturated rings. The number of carbonyl (C=O) groups excluding carboxylic acids is 2. The number of hydrogen-bond donors (Lipinski definition) is 1. The molecule has 29 heavy (non-hydrogen) atoms. The number of H-pyrrole nitrogens is 1. The predicted octanol–water partition coefficient (Wildman–Crippen LogP) is 4.19. The second-order valence-electron chi connectivity index (χ2n) is 7.09. The molecular formula is C21H15ClN2O3S2. The molecular weight excluding hydrogens is 428 g/mol. The Balaban J connectivity index is 1.67. The maximum atomic E-state index is 13.5. The summed E-state index contributed by atoms with van der Waals surface area (Å²) in [5.74, 6) is -1.41. The van der Waals surface area contributed by atoms with Gasteiger partial charge in [0.15, 0.2) is 0 Å². The summed E-state index contributed by atoms with van der Waals surface area (Å²) in [5, 5.41) is 0.645. The minimum Gasteiger partial charge on any atom is -0.307 e. The molecule has 1 N–H and O–H groups in total. The van der Waals surface area contributed by atoms with Crippen molar-refractivity contribution in [2.45, 2.75) is 23.1 Å². The molecule has 0 saturated carbocycles. The van der Waals surface area contributed by atoms with Crippen molar-refractivity contribution in [2.75, 3.05) is 4.90 Å². The van der Waals surface area contributed by atoms with Crippen molar-refractivity contribution >= 4 is 52.2 Å². The third-order valence-electron chi connectivity index (χ3n) is 5.43. The van der Waals surface area contributed by atoms with E-state index in [1.54, 1.807) is 24.3 Å². The summed E-state index contributed by atoms with van der Waals surface area (Å²) in [6, 6.07) is 14.5. The quantitative estimate of drug-likeness (QED) is 0.604. The summed E-state index contributed by atoms with van der Waals surface area (Å²) in [4.78, 5) is 43.6. The predicted molar refractivity (Wildman–Crippen MR) is 115 cm³/mol. The molecule has 0 radical (unpaired) electrons. The van der Waals surface area contributed by atoms with E-state index in [2.05, 4.69) is 4.98 Å². The molecule has 0 aliphatic carbocycles. The summed E-state index contributed by atoms with van der Waals surface area (Å²) >= 11 is 8.37. The standard InChI is InChI=1S/C21H15ClN2O3S2/c1-10-4-2-3-5-13(10)14-15-17(28-18-16(14)29-21(27)23-18)20(26)24(19(15)25)12-8-6-11(22)7-9-12/h2-9,14-15,17H,1H3,(H,23,27)/t14-,15?,17?/m1/s1. The lowest BCUT2D eigenvalue weighted by atomic mass is 9.81. The van der Waals surface area contributed by atoms with Crippen molar-refractivity contribution in [1.82, 2.24) is 4.98 Å². The molecule has 5 rings (SSSR count). The first-order valence-corrected chi connectivity index (χ1v) is 11.1. The zero-order valence-corrected chi connectivity index (χ0v) is 17.6. The molecule has 2 unspecified atom stereocenters. The Morgan fingerprint density at radius 2 is 1.72 bits per heavy atom. The van der Waals surface area contributed by atoms with Crippen LogP contribution in [0.15, 0.2) is 58.4 Å². The molecule has 2 aliphatic rings. The van der Waals surface area contributed by atoms with E-state index in [0.717, 1.165) is 27.3 Å². The van der Waals surface area contributed by atoms with Crippen molar-refractivity contribution in [3.63, 3.8) is 0 Å². The van der Waals surface area contributed by atoms with Gasteiger partial charge in [-0.15, -0.1) is 0 Å². The van der Waals surface area contributed by atoms with E-state index < -0.39 is 11.2 Å². The Morgan fingerprint density at radius 1 is 1.00 bits per heavy atom. The van der Waals surface area contributed by atoms with E-state index in [1.165, 1.54) is 16.7 Å². The van der Waals surface area contributed by atoms with E-state index in [0.29, 0.717) is 15.7 Å². The number of aryl methyl sites for hydroxylation is 1. The van der Waals surface area contributed by atoms with Gasteiger partial charge in [-0.2, -0.15) is 0 Å². The van der Waals surface area contributed by atoms with Gasteiger partial charge < -0.3 is 4.98 Å². The zero-order chi connectivity index (χ0) is 20.3. The van der Waals surface area contributed by atoms with Crippen LogP contribution in [0.5, 0.6) is 0 Å². The van der Waals surface area contributed by atoms with E-state index >= 15 is 0 Å². The van der Waals surface area contributed by atoms with Crippen molar-refractivity contribution in [3.8, 4) is 0 Å². The average molecular weight is 443 g/mol. The fourth-order valence-electron chi connectivity index (χ4n) is 4.13. The van der Waals surface area contributed by atoms with Crippen LogP contribution in [0, 0.1) is 12.8 Å². The number of rotatable bonds is 2. The van der Waals surface area contributed by atoms with Crippen LogP contribution in [0.1, 0.15) is 21.9 Å². The topological polar surface area (TPSA) is 70.2 Å². The molecule has 3 aromatic rings. The number of thioether (sulfide) groups is 1. The van der Waals surface area contributed by atoms with Gasteiger partial charge in [-0.1, -0.05) is 59.0 Å². The largest absolute Gasteiger partial charge is 0.307 e. The van der Waals surface area contributed by atoms with Crippen LogP contribution in [-0.2, 0) is 9.59 Å². The Hall–Kier alpha value is -2.35. The van der Waals surface area contributed by atoms with E-state index in [4.69, 9.17) is 11.6 Å². The minimum absolute atomic E-state index is 0.171. The fourth-order valence-corrected chi connectivity index (χ4v) is 6.76. The summed E-state index contributed by atoms with van der Waals surface area (Å²) in [7, 11) is 0. The van der Waals surface area contributed by atoms with Crippen LogP contribution >= 0.6 is 34.7 Å². The first kappa shape index (κ1) is 18.7. The summed E-state index contributed by atoms with van der Waals surface area (Å²) in [5.41, 5.74) is 2.51. The molecule has 2 aromatic carbocycles. The van der Waals surface area contributed by atoms with Crippen LogP contribution in [0.25, 0.3) is 0 Å². The Labute approximate surface area is 179 Å². The summed E-state index contributed by atoms with van der Waals surface area (Å²) in [6.45, 7) is 1.99. The molecule has 1 aromatic heterocycles. The first-order valence-electron chi connectivity index (χ1n) is 9.04.